The van der Waals surface area contributed by atoms with Crippen molar-refractivity contribution in [1.29, 1.82) is 0 Å². The number of aryl methyl sites for hydroxylation is 1. The minimum atomic E-state index is 0.777. The van der Waals surface area contributed by atoms with E-state index in [0.29, 0.717) is 0 Å². The molecule has 0 aliphatic rings. The molecule has 0 aliphatic carbocycles. The van der Waals surface area contributed by atoms with Crippen molar-refractivity contribution in [2.75, 3.05) is 7.11 Å². The van der Waals surface area contributed by atoms with E-state index >= 15 is 0 Å². The van der Waals surface area contributed by atoms with Crippen LogP contribution in [0.3, 0.4) is 0 Å². The Bertz CT molecular complexity index is 3050. The molecule has 10 rings (SSSR count). The molecule has 0 amide bonds. The SMILES string of the molecule is COc1ccccc1-c1cc(-c2ccccc2)cc(-c2cccc(-c3cc(-c4oc5ccccc5c4-c4ccc5c(c4)oc4ccccc45)cc(C)n3)c2)n1. The van der Waals surface area contributed by atoms with Crippen LogP contribution in [0, 0.1) is 6.92 Å². The van der Waals surface area contributed by atoms with Crippen molar-refractivity contribution in [2.24, 2.45) is 0 Å². The number of rotatable bonds is 7. The highest BCUT2D eigenvalue weighted by Gasteiger charge is 2.21. The quantitative estimate of drug-likeness (QED) is 0.165. The van der Waals surface area contributed by atoms with Crippen molar-refractivity contribution in [1.82, 2.24) is 9.97 Å². The number of nitrogens with zero attached hydrogens (tertiary/aromatic N) is 2. The molecular weight excluding hydrogens is 677 g/mol. The van der Waals surface area contributed by atoms with E-state index in [0.717, 1.165) is 112 Å². The third-order valence-corrected chi connectivity index (χ3v) is 10.2. The lowest BCUT2D eigenvalue weighted by molar-refractivity contribution is 0.416. The Morgan fingerprint density at radius 1 is 0.418 bits per heavy atom. The number of pyridine rings is 2. The lowest BCUT2D eigenvalue weighted by Gasteiger charge is -2.13. The van der Waals surface area contributed by atoms with Crippen molar-refractivity contribution in [3.05, 3.63) is 176 Å². The molecule has 0 bridgehead atoms. The van der Waals surface area contributed by atoms with Crippen molar-refractivity contribution < 1.29 is 13.6 Å². The zero-order valence-corrected chi connectivity index (χ0v) is 30.3. The zero-order chi connectivity index (χ0) is 36.9. The Morgan fingerprint density at radius 3 is 1.87 bits per heavy atom. The van der Waals surface area contributed by atoms with Crippen LogP contribution in [0.4, 0.5) is 0 Å². The molecule has 0 aliphatic heterocycles. The summed E-state index contributed by atoms with van der Waals surface area (Å²) in [5.41, 5.74) is 14.1. The molecule has 10 aromatic rings. The van der Waals surface area contributed by atoms with Gasteiger partial charge in [-0.15, -0.1) is 0 Å². The number of benzene rings is 6. The number of hydrogen-bond acceptors (Lipinski definition) is 5. The molecule has 5 heteroatoms. The van der Waals surface area contributed by atoms with Gasteiger partial charge in [0.15, 0.2) is 0 Å². The minimum Gasteiger partial charge on any atom is -0.496 e. The van der Waals surface area contributed by atoms with E-state index in [1.54, 1.807) is 7.11 Å². The van der Waals surface area contributed by atoms with E-state index in [9.17, 15) is 0 Å². The topological polar surface area (TPSA) is 61.3 Å². The summed E-state index contributed by atoms with van der Waals surface area (Å²) in [6.07, 6.45) is 0. The Balaban J connectivity index is 1.10. The zero-order valence-electron chi connectivity index (χ0n) is 30.3. The normalized spacial score (nSPS) is 11.5. The molecule has 0 atom stereocenters. The van der Waals surface area contributed by atoms with E-state index in [1.165, 1.54) is 0 Å². The summed E-state index contributed by atoms with van der Waals surface area (Å²) in [6, 6.07) is 58.2. The van der Waals surface area contributed by atoms with Crippen LogP contribution < -0.4 is 4.74 Å². The maximum atomic E-state index is 6.70. The second-order valence-electron chi connectivity index (χ2n) is 13.8. The van der Waals surface area contributed by atoms with Crippen LogP contribution in [0.15, 0.2) is 179 Å². The van der Waals surface area contributed by atoms with E-state index < -0.39 is 0 Å². The van der Waals surface area contributed by atoms with Gasteiger partial charge in [0.1, 0.15) is 28.3 Å². The second kappa shape index (κ2) is 13.3. The molecule has 4 heterocycles. The van der Waals surface area contributed by atoms with Crippen molar-refractivity contribution in [3.63, 3.8) is 0 Å². The molecule has 0 saturated carbocycles. The Kier molecular flexibility index (Phi) is 7.85. The summed E-state index contributed by atoms with van der Waals surface area (Å²) in [5.74, 6) is 1.57. The number of aromatic nitrogens is 2. The Labute approximate surface area is 318 Å². The standard InChI is InChI=1S/C50H34N2O3/c1-31-25-37(50-49(41-19-8-11-22-47(41)55-50)35-23-24-39-38-17-6-10-21-46(38)54-48(39)30-35)29-42(51-31)33-15-12-16-34(26-33)43-27-36(32-13-4-3-5-14-32)28-44(52-43)40-18-7-9-20-45(40)53-2/h3-30H,1-2H3. The first-order valence-electron chi connectivity index (χ1n) is 18.3. The van der Waals surface area contributed by atoms with Gasteiger partial charge >= 0.3 is 0 Å². The second-order valence-corrected chi connectivity index (χ2v) is 13.8. The largest absolute Gasteiger partial charge is 0.496 e. The number of ether oxygens (including phenoxy) is 1. The number of hydrogen-bond donors (Lipinski definition) is 0. The van der Waals surface area contributed by atoms with Crippen LogP contribution in [0.25, 0.3) is 100 Å². The van der Waals surface area contributed by atoms with E-state index in [-0.39, 0.29) is 0 Å². The molecule has 0 N–H and O–H groups in total. The predicted molar refractivity (Wildman–Crippen MR) is 223 cm³/mol. The van der Waals surface area contributed by atoms with Gasteiger partial charge in [0.05, 0.1) is 24.2 Å². The van der Waals surface area contributed by atoms with Crippen LogP contribution in [-0.2, 0) is 0 Å². The van der Waals surface area contributed by atoms with Crippen LogP contribution in [0.2, 0.25) is 0 Å². The summed E-state index contributed by atoms with van der Waals surface area (Å²) >= 11 is 0. The Hall–Kier alpha value is -7.24. The fourth-order valence-electron chi connectivity index (χ4n) is 7.67. The van der Waals surface area contributed by atoms with Gasteiger partial charge in [-0.1, -0.05) is 103 Å². The van der Waals surface area contributed by atoms with Gasteiger partial charge in [-0.05, 0) is 90.3 Å². The number of fused-ring (bicyclic) bond motifs is 4. The van der Waals surface area contributed by atoms with Crippen LogP contribution in [0.5, 0.6) is 5.75 Å². The lowest BCUT2D eigenvalue weighted by atomic mass is 9.96. The fourth-order valence-corrected chi connectivity index (χ4v) is 7.67. The van der Waals surface area contributed by atoms with Gasteiger partial charge in [0.25, 0.3) is 0 Å². The Morgan fingerprint density at radius 2 is 1.05 bits per heavy atom. The highest BCUT2D eigenvalue weighted by molar-refractivity contribution is 6.08. The van der Waals surface area contributed by atoms with Crippen molar-refractivity contribution >= 4 is 32.9 Å². The van der Waals surface area contributed by atoms with Gasteiger partial charge in [0.2, 0.25) is 0 Å². The monoisotopic (exact) mass is 710 g/mol. The van der Waals surface area contributed by atoms with Crippen LogP contribution in [0.1, 0.15) is 5.69 Å². The predicted octanol–water partition coefficient (Wildman–Crippen LogP) is 13.4. The summed E-state index contributed by atoms with van der Waals surface area (Å²) in [5, 5.41) is 3.24. The first-order chi connectivity index (χ1) is 27.1. The van der Waals surface area contributed by atoms with Gasteiger partial charge in [-0.3, -0.25) is 4.98 Å². The van der Waals surface area contributed by atoms with Gasteiger partial charge < -0.3 is 13.6 Å². The molecule has 0 saturated heterocycles. The summed E-state index contributed by atoms with van der Waals surface area (Å²) in [7, 11) is 1.70. The number of furan rings is 2. The average Bonchev–Trinajstić information content (AvgIpc) is 3.82. The summed E-state index contributed by atoms with van der Waals surface area (Å²) < 4.78 is 18.8. The molecule has 0 radical (unpaired) electrons. The molecule has 0 fully saturated rings. The highest BCUT2D eigenvalue weighted by atomic mass is 16.5. The summed E-state index contributed by atoms with van der Waals surface area (Å²) in [6.45, 7) is 2.03. The molecule has 0 unspecified atom stereocenters. The first-order valence-corrected chi connectivity index (χ1v) is 18.3. The lowest BCUT2D eigenvalue weighted by Crippen LogP contribution is -1.94. The number of para-hydroxylation sites is 3. The van der Waals surface area contributed by atoms with Crippen LogP contribution in [-0.4, -0.2) is 17.1 Å². The molecular formula is C50H34N2O3. The third kappa shape index (κ3) is 5.83. The van der Waals surface area contributed by atoms with Crippen LogP contribution >= 0.6 is 0 Å². The average molecular weight is 711 g/mol. The third-order valence-electron chi connectivity index (χ3n) is 10.2. The minimum absolute atomic E-state index is 0.777. The smallest absolute Gasteiger partial charge is 0.143 e. The van der Waals surface area contributed by atoms with E-state index in [1.807, 2.05) is 61.5 Å². The molecule has 262 valence electrons. The molecule has 4 aromatic heterocycles. The van der Waals surface area contributed by atoms with Crippen molar-refractivity contribution in [3.8, 4) is 73.1 Å². The van der Waals surface area contributed by atoms with E-state index in [2.05, 4.69) is 115 Å². The maximum Gasteiger partial charge on any atom is 0.143 e. The molecule has 0 spiro atoms. The first kappa shape index (κ1) is 32.4. The van der Waals surface area contributed by atoms with Crippen molar-refractivity contribution in [2.45, 2.75) is 6.92 Å². The highest BCUT2D eigenvalue weighted by Crippen LogP contribution is 2.44. The van der Waals surface area contributed by atoms with Gasteiger partial charge in [-0.25, -0.2) is 4.98 Å². The number of methoxy groups -OCH3 is 1. The maximum absolute atomic E-state index is 6.70. The molecule has 55 heavy (non-hydrogen) atoms. The van der Waals surface area contributed by atoms with E-state index in [4.69, 9.17) is 23.5 Å². The molecule has 6 aromatic carbocycles. The van der Waals surface area contributed by atoms with Gasteiger partial charge in [0, 0.05) is 49.7 Å². The molecule has 5 nitrogen and oxygen atoms in total. The van der Waals surface area contributed by atoms with Gasteiger partial charge in [-0.2, -0.15) is 0 Å². The summed E-state index contributed by atoms with van der Waals surface area (Å²) in [4.78, 5) is 10.3. The fraction of sp³-hybridized carbons (Fsp3) is 0.0400.